The van der Waals surface area contributed by atoms with E-state index in [2.05, 4.69) is 0 Å². The number of ether oxygens (including phenoxy) is 1. The number of rotatable bonds is 4. The number of carbonyl (C=O) groups is 2. The van der Waals surface area contributed by atoms with E-state index in [-0.39, 0.29) is 18.3 Å². The van der Waals surface area contributed by atoms with Crippen molar-refractivity contribution in [1.82, 2.24) is 0 Å². The van der Waals surface area contributed by atoms with Crippen LogP contribution in [0.3, 0.4) is 0 Å². The summed E-state index contributed by atoms with van der Waals surface area (Å²) in [5, 5.41) is 0. The van der Waals surface area contributed by atoms with Crippen LogP contribution in [0.15, 0.2) is 24.3 Å². The highest BCUT2D eigenvalue weighted by Crippen LogP contribution is 2.33. The van der Waals surface area contributed by atoms with Crippen molar-refractivity contribution in [1.29, 1.82) is 0 Å². The quantitative estimate of drug-likeness (QED) is 0.523. The molecule has 0 N–H and O–H groups in total. The van der Waals surface area contributed by atoms with Crippen LogP contribution in [0.2, 0.25) is 0 Å². The van der Waals surface area contributed by atoms with Gasteiger partial charge in [-0.15, -0.1) is 0 Å². The highest BCUT2D eigenvalue weighted by molar-refractivity contribution is 5.73. The first-order chi connectivity index (χ1) is 7.12. The topological polar surface area (TPSA) is 43.4 Å². The first kappa shape index (κ1) is 11.7. The molecule has 15 heavy (non-hydrogen) atoms. The molecule has 0 saturated carbocycles. The zero-order valence-corrected chi connectivity index (χ0v) is 9.10. The van der Waals surface area contributed by atoms with E-state index in [1.165, 1.54) is 0 Å². The van der Waals surface area contributed by atoms with Crippen molar-refractivity contribution < 1.29 is 14.3 Å². The van der Waals surface area contributed by atoms with Gasteiger partial charge in [0.25, 0.3) is 0 Å². The first-order valence-corrected chi connectivity index (χ1v) is 5.10. The normalized spacial score (nSPS) is 28.8. The monoisotopic (exact) mass is 208 g/mol. The maximum Gasteiger partial charge on any atom is 0.306 e. The minimum atomic E-state index is -0.582. The zero-order valence-electron chi connectivity index (χ0n) is 9.10. The molecule has 0 aromatic carbocycles. The lowest BCUT2D eigenvalue weighted by molar-refractivity contribution is -0.144. The van der Waals surface area contributed by atoms with E-state index in [0.717, 1.165) is 6.29 Å². The summed E-state index contributed by atoms with van der Waals surface area (Å²) in [4.78, 5) is 22.3. The van der Waals surface area contributed by atoms with Gasteiger partial charge in [0.1, 0.15) is 6.29 Å². The van der Waals surface area contributed by atoms with Crippen LogP contribution in [0, 0.1) is 11.3 Å². The van der Waals surface area contributed by atoms with Crippen molar-refractivity contribution in [3.8, 4) is 0 Å². The smallest absolute Gasteiger partial charge is 0.306 e. The molecule has 3 nitrogen and oxygen atoms in total. The predicted octanol–water partition coefficient (Wildman–Crippen LogP) is 1.89. The lowest BCUT2D eigenvalue weighted by Gasteiger charge is -2.28. The SMILES string of the molecule is CCOC(=O)CC1C=CC=CC1(C)C=O. The van der Waals surface area contributed by atoms with Gasteiger partial charge in [-0.3, -0.25) is 4.79 Å². The molecule has 3 heteroatoms. The van der Waals surface area contributed by atoms with Gasteiger partial charge in [0.2, 0.25) is 0 Å². The number of hydrogen-bond donors (Lipinski definition) is 0. The van der Waals surface area contributed by atoms with E-state index < -0.39 is 5.41 Å². The second-order valence-electron chi connectivity index (χ2n) is 3.84. The molecule has 0 bridgehead atoms. The fraction of sp³-hybridized carbons (Fsp3) is 0.500. The van der Waals surface area contributed by atoms with Crippen LogP contribution in [-0.2, 0) is 14.3 Å². The standard InChI is InChI=1S/C12H16O3/c1-3-15-11(14)8-10-6-4-5-7-12(10,2)9-13/h4-7,9-10H,3,8H2,1-2H3. The van der Waals surface area contributed by atoms with Crippen molar-refractivity contribution >= 4 is 12.3 Å². The molecule has 2 unspecified atom stereocenters. The summed E-state index contributed by atoms with van der Waals surface area (Å²) in [6.45, 7) is 3.97. The number of carbonyl (C=O) groups excluding carboxylic acids is 2. The zero-order chi connectivity index (χ0) is 11.3. The van der Waals surface area contributed by atoms with Crippen molar-refractivity contribution in [2.24, 2.45) is 11.3 Å². The molecule has 0 amide bonds. The molecule has 1 aliphatic carbocycles. The van der Waals surface area contributed by atoms with Gasteiger partial charge in [0.15, 0.2) is 0 Å². The maximum absolute atomic E-state index is 11.3. The van der Waals surface area contributed by atoms with Crippen LogP contribution in [0.1, 0.15) is 20.3 Å². The average Bonchev–Trinajstić information content (AvgIpc) is 2.22. The largest absolute Gasteiger partial charge is 0.466 e. The Morgan fingerprint density at radius 2 is 2.27 bits per heavy atom. The summed E-state index contributed by atoms with van der Waals surface area (Å²) >= 11 is 0. The fourth-order valence-corrected chi connectivity index (χ4v) is 1.61. The molecule has 1 rings (SSSR count). The molecule has 1 aliphatic rings. The Balaban J connectivity index is 2.68. The van der Waals surface area contributed by atoms with Crippen LogP contribution in [0.4, 0.5) is 0 Å². The molecule has 0 aliphatic heterocycles. The fourth-order valence-electron chi connectivity index (χ4n) is 1.61. The molecule has 2 atom stereocenters. The molecule has 0 aromatic rings. The van der Waals surface area contributed by atoms with Gasteiger partial charge in [-0.05, 0) is 13.8 Å². The van der Waals surface area contributed by atoms with Gasteiger partial charge < -0.3 is 9.53 Å². The lowest BCUT2D eigenvalue weighted by Crippen LogP contribution is -2.29. The van der Waals surface area contributed by atoms with Crippen LogP contribution in [-0.4, -0.2) is 18.9 Å². The van der Waals surface area contributed by atoms with E-state index in [1.54, 1.807) is 6.92 Å². The second-order valence-corrected chi connectivity index (χ2v) is 3.84. The number of hydrogen-bond acceptors (Lipinski definition) is 3. The first-order valence-electron chi connectivity index (χ1n) is 5.10. The van der Waals surface area contributed by atoms with E-state index in [4.69, 9.17) is 4.74 Å². The predicted molar refractivity (Wildman–Crippen MR) is 57.2 cm³/mol. The summed E-state index contributed by atoms with van der Waals surface area (Å²) in [6, 6.07) is 0. The molecule has 0 radical (unpaired) electrons. The van der Waals surface area contributed by atoms with Gasteiger partial charge in [0, 0.05) is 11.3 Å². The van der Waals surface area contributed by atoms with Crippen LogP contribution in [0.25, 0.3) is 0 Å². The Labute approximate surface area is 89.8 Å². The minimum Gasteiger partial charge on any atom is -0.466 e. The lowest BCUT2D eigenvalue weighted by atomic mass is 9.74. The molecular weight excluding hydrogens is 192 g/mol. The molecule has 0 aromatic heterocycles. The summed E-state index contributed by atoms with van der Waals surface area (Å²) in [7, 11) is 0. The minimum absolute atomic E-state index is 0.0981. The highest BCUT2D eigenvalue weighted by atomic mass is 16.5. The van der Waals surface area contributed by atoms with Crippen molar-refractivity contribution in [3.05, 3.63) is 24.3 Å². The highest BCUT2D eigenvalue weighted by Gasteiger charge is 2.32. The number of esters is 1. The Hall–Kier alpha value is -1.38. The van der Waals surface area contributed by atoms with Gasteiger partial charge in [0.05, 0.1) is 13.0 Å². The molecule has 82 valence electrons. The summed E-state index contributed by atoms with van der Waals surface area (Å²) < 4.78 is 4.87. The van der Waals surface area contributed by atoms with Crippen molar-refractivity contribution in [2.75, 3.05) is 6.61 Å². The van der Waals surface area contributed by atoms with E-state index in [9.17, 15) is 9.59 Å². The molecule has 0 saturated heterocycles. The van der Waals surface area contributed by atoms with Crippen LogP contribution in [0.5, 0.6) is 0 Å². The summed E-state index contributed by atoms with van der Waals surface area (Å²) in [6.07, 6.45) is 8.53. The van der Waals surface area contributed by atoms with Gasteiger partial charge in [-0.25, -0.2) is 0 Å². The van der Waals surface area contributed by atoms with Crippen molar-refractivity contribution in [3.63, 3.8) is 0 Å². The summed E-state index contributed by atoms with van der Waals surface area (Å²) in [5.41, 5.74) is -0.582. The van der Waals surface area contributed by atoms with Crippen LogP contribution < -0.4 is 0 Å². The molecule has 0 spiro atoms. The maximum atomic E-state index is 11.3. The Morgan fingerprint density at radius 1 is 1.53 bits per heavy atom. The average molecular weight is 208 g/mol. The number of aldehydes is 1. The Morgan fingerprint density at radius 3 is 2.87 bits per heavy atom. The number of allylic oxidation sites excluding steroid dienone is 4. The van der Waals surface area contributed by atoms with Crippen molar-refractivity contribution in [2.45, 2.75) is 20.3 Å². The third-order valence-corrected chi connectivity index (χ3v) is 2.65. The molecule has 0 fully saturated rings. The third-order valence-electron chi connectivity index (χ3n) is 2.65. The summed E-state index contributed by atoms with van der Waals surface area (Å²) in [5.74, 6) is -0.352. The Kier molecular flexibility index (Phi) is 3.83. The van der Waals surface area contributed by atoms with Gasteiger partial charge >= 0.3 is 5.97 Å². The van der Waals surface area contributed by atoms with Gasteiger partial charge in [-0.1, -0.05) is 24.3 Å². The molecule has 0 heterocycles. The van der Waals surface area contributed by atoms with Gasteiger partial charge in [-0.2, -0.15) is 0 Å². The second kappa shape index (κ2) is 4.91. The van der Waals surface area contributed by atoms with Crippen LogP contribution >= 0.6 is 0 Å². The third kappa shape index (κ3) is 2.78. The van der Waals surface area contributed by atoms with E-state index >= 15 is 0 Å². The van der Waals surface area contributed by atoms with E-state index in [1.807, 2.05) is 31.2 Å². The van der Waals surface area contributed by atoms with E-state index in [0.29, 0.717) is 6.61 Å². The molecular formula is C12H16O3. The Bertz CT molecular complexity index is 304.